The maximum absolute atomic E-state index is 5.07. The lowest BCUT2D eigenvalue weighted by Gasteiger charge is -1.94. The Hall–Kier alpha value is -0.220. The Morgan fingerprint density at radius 2 is 2.00 bits per heavy atom. The van der Waals surface area contributed by atoms with Crippen LogP contribution in [0.1, 0.15) is 0 Å². The molecule has 0 aromatic rings. The van der Waals surface area contributed by atoms with Gasteiger partial charge in [0.2, 0.25) is 0 Å². The van der Waals surface area contributed by atoms with Crippen molar-refractivity contribution in [3.8, 4) is 0 Å². The molecule has 3 N–H and O–H groups in total. The molecule has 40 valence electrons. The largest absolute Gasteiger partial charge is 0.388 e. The van der Waals surface area contributed by atoms with Gasteiger partial charge < -0.3 is 11.1 Å². The van der Waals surface area contributed by atoms with E-state index in [1.54, 1.807) is 7.05 Å². The van der Waals surface area contributed by atoms with Gasteiger partial charge >= 0.3 is 0 Å². The minimum absolute atomic E-state index is 0.248. The Morgan fingerprint density at radius 1 is 1.57 bits per heavy atom. The van der Waals surface area contributed by atoms with E-state index in [0.29, 0.717) is 4.99 Å². The highest BCUT2D eigenvalue weighted by molar-refractivity contribution is 7.89. The Morgan fingerprint density at radius 3 is 2.00 bits per heavy atom. The Kier molecular flexibility index (Phi) is 2.78. The van der Waals surface area contributed by atoms with Gasteiger partial charge in [-0.15, -0.1) is 0 Å². The molecule has 0 rings (SSSR count). The van der Waals surface area contributed by atoms with Crippen LogP contribution in [0.25, 0.3) is 0 Å². The standard InChI is InChI=1S/C3H6N2S2/c1-5-3(7)2(4)6/h1H3,(H2,4,6)(H,5,7). The van der Waals surface area contributed by atoms with Gasteiger partial charge in [0.05, 0.1) is 0 Å². The van der Waals surface area contributed by atoms with Crippen molar-refractivity contribution < 1.29 is 0 Å². The molecule has 0 aromatic carbocycles. The minimum atomic E-state index is 0.248. The number of hydrogen-bond donors (Lipinski definition) is 2. The van der Waals surface area contributed by atoms with E-state index in [2.05, 4.69) is 29.8 Å². The Bertz CT molecular complexity index is 99.1. The molecule has 0 saturated carbocycles. The van der Waals surface area contributed by atoms with Crippen LogP contribution < -0.4 is 11.1 Å². The lowest BCUT2D eigenvalue weighted by Crippen LogP contribution is -2.29. The lowest BCUT2D eigenvalue weighted by molar-refractivity contribution is 1.22. The summed E-state index contributed by atoms with van der Waals surface area (Å²) in [6.07, 6.45) is 0. The first-order chi connectivity index (χ1) is 3.18. The predicted octanol–water partition coefficient (Wildman–Crippen LogP) is -0.181. The minimum Gasteiger partial charge on any atom is -0.388 e. The van der Waals surface area contributed by atoms with Gasteiger partial charge in [-0.05, 0) is 0 Å². The fourth-order valence-electron chi connectivity index (χ4n) is 0.123. The van der Waals surface area contributed by atoms with Crippen LogP contribution in [0.15, 0.2) is 0 Å². The maximum Gasteiger partial charge on any atom is 0.133 e. The number of rotatable bonds is 0. The van der Waals surface area contributed by atoms with E-state index in [1.165, 1.54) is 0 Å². The summed E-state index contributed by atoms with van der Waals surface area (Å²) in [5.41, 5.74) is 5.07. The summed E-state index contributed by atoms with van der Waals surface area (Å²) in [6.45, 7) is 0. The van der Waals surface area contributed by atoms with Crippen LogP contribution in [0.2, 0.25) is 0 Å². The molecular weight excluding hydrogens is 128 g/mol. The van der Waals surface area contributed by atoms with E-state index in [9.17, 15) is 0 Å². The molecule has 0 aliphatic rings. The quantitative estimate of drug-likeness (QED) is 0.451. The summed E-state index contributed by atoms with van der Waals surface area (Å²) in [4.78, 5) is 0.688. The molecule has 4 heteroatoms. The average Bonchev–Trinajstić information content (AvgIpc) is 1.65. The molecule has 0 fully saturated rings. The molecule has 0 aliphatic carbocycles. The number of likely N-dealkylation sites (N-methyl/N-ethyl adjacent to an activating group) is 1. The fraction of sp³-hybridized carbons (Fsp3) is 0.333. The van der Waals surface area contributed by atoms with Crippen molar-refractivity contribution in [1.82, 2.24) is 5.32 Å². The third-order valence-corrected chi connectivity index (χ3v) is 1.21. The summed E-state index contributed by atoms with van der Waals surface area (Å²) < 4.78 is 0. The predicted molar refractivity (Wildman–Crippen MR) is 38.4 cm³/mol. The topological polar surface area (TPSA) is 38.0 Å². The third kappa shape index (κ3) is 2.47. The molecule has 0 radical (unpaired) electrons. The van der Waals surface area contributed by atoms with Crippen molar-refractivity contribution >= 4 is 34.4 Å². The van der Waals surface area contributed by atoms with E-state index in [4.69, 9.17) is 5.73 Å². The Labute approximate surface area is 53.1 Å². The molecule has 0 heterocycles. The van der Waals surface area contributed by atoms with Gasteiger partial charge in [0, 0.05) is 7.05 Å². The normalized spacial score (nSPS) is 7.57. The molecule has 0 unspecified atom stereocenters. The first-order valence-corrected chi connectivity index (χ1v) is 2.51. The van der Waals surface area contributed by atoms with Crippen molar-refractivity contribution in [1.29, 1.82) is 0 Å². The first kappa shape index (κ1) is 6.78. The van der Waals surface area contributed by atoms with Gasteiger partial charge in [-0.2, -0.15) is 0 Å². The lowest BCUT2D eigenvalue weighted by atomic mass is 10.6. The molecule has 7 heavy (non-hydrogen) atoms. The molecule has 0 aliphatic heterocycles. The fourth-order valence-corrected chi connectivity index (χ4v) is 0.225. The highest BCUT2D eigenvalue weighted by atomic mass is 32.1. The zero-order chi connectivity index (χ0) is 5.86. The summed E-state index contributed by atoms with van der Waals surface area (Å²) in [7, 11) is 1.68. The van der Waals surface area contributed by atoms with E-state index in [-0.39, 0.29) is 4.99 Å². The van der Waals surface area contributed by atoms with Gasteiger partial charge in [0.15, 0.2) is 0 Å². The van der Waals surface area contributed by atoms with Gasteiger partial charge in [-0.25, -0.2) is 0 Å². The molecule has 0 aromatic heterocycles. The van der Waals surface area contributed by atoms with Crippen molar-refractivity contribution in [2.75, 3.05) is 7.05 Å². The summed E-state index contributed by atoms with van der Waals surface area (Å²) in [5.74, 6) is 0. The van der Waals surface area contributed by atoms with Crippen molar-refractivity contribution in [3.63, 3.8) is 0 Å². The highest BCUT2D eigenvalue weighted by Crippen LogP contribution is 1.67. The second kappa shape index (κ2) is 2.87. The van der Waals surface area contributed by atoms with E-state index < -0.39 is 0 Å². The number of hydrogen-bond acceptors (Lipinski definition) is 2. The van der Waals surface area contributed by atoms with Gasteiger partial charge in [-0.1, -0.05) is 24.4 Å². The number of thiocarbonyl (C=S) groups is 2. The molecule has 0 saturated heterocycles. The molecular formula is C3H6N2S2. The molecule has 0 bridgehead atoms. The summed E-state index contributed by atoms with van der Waals surface area (Å²) in [6, 6.07) is 0. The highest BCUT2D eigenvalue weighted by Gasteiger charge is 1.90. The van der Waals surface area contributed by atoms with Crippen LogP contribution in [0.3, 0.4) is 0 Å². The van der Waals surface area contributed by atoms with Crippen LogP contribution in [-0.2, 0) is 0 Å². The maximum atomic E-state index is 5.07. The van der Waals surface area contributed by atoms with E-state index in [1.807, 2.05) is 0 Å². The van der Waals surface area contributed by atoms with E-state index in [0.717, 1.165) is 0 Å². The molecule has 2 nitrogen and oxygen atoms in total. The first-order valence-electron chi connectivity index (χ1n) is 1.70. The summed E-state index contributed by atoms with van der Waals surface area (Å²) >= 11 is 9.09. The number of nitrogens with one attached hydrogen (secondary N) is 1. The second-order valence-corrected chi connectivity index (χ2v) is 1.79. The zero-order valence-corrected chi connectivity index (χ0v) is 5.53. The van der Waals surface area contributed by atoms with Gasteiger partial charge in [-0.3, -0.25) is 0 Å². The van der Waals surface area contributed by atoms with Crippen molar-refractivity contribution in [3.05, 3.63) is 0 Å². The second-order valence-electron chi connectivity index (χ2n) is 0.943. The number of nitrogens with two attached hydrogens (primary N) is 1. The van der Waals surface area contributed by atoms with Crippen LogP contribution in [0.5, 0.6) is 0 Å². The molecule has 0 amide bonds. The molecule has 0 spiro atoms. The van der Waals surface area contributed by atoms with Gasteiger partial charge in [0.25, 0.3) is 0 Å². The van der Waals surface area contributed by atoms with Crippen LogP contribution >= 0.6 is 24.4 Å². The Balaban J connectivity index is 3.58. The average molecular weight is 134 g/mol. The van der Waals surface area contributed by atoms with Gasteiger partial charge in [0.1, 0.15) is 9.98 Å². The van der Waals surface area contributed by atoms with Crippen LogP contribution in [-0.4, -0.2) is 17.0 Å². The smallest absolute Gasteiger partial charge is 0.133 e. The van der Waals surface area contributed by atoms with Crippen molar-refractivity contribution in [2.45, 2.75) is 0 Å². The monoisotopic (exact) mass is 134 g/mol. The molecule has 0 atom stereocenters. The van der Waals surface area contributed by atoms with E-state index >= 15 is 0 Å². The third-order valence-electron chi connectivity index (χ3n) is 0.451. The van der Waals surface area contributed by atoms with Crippen LogP contribution in [0.4, 0.5) is 0 Å². The summed E-state index contributed by atoms with van der Waals surface area (Å²) in [5, 5.41) is 2.63. The zero-order valence-electron chi connectivity index (χ0n) is 3.89. The van der Waals surface area contributed by atoms with Crippen LogP contribution in [0, 0.1) is 0 Å². The SMILES string of the molecule is CNC(=S)C(N)=S. The van der Waals surface area contributed by atoms with Crippen molar-refractivity contribution in [2.24, 2.45) is 5.73 Å².